The van der Waals surface area contributed by atoms with Crippen molar-refractivity contribution in [3.8, 4) is 5.75 Å². The molecule has 1 atom stereocenters. The molecule has 1 aromatic carbocycles. The van der Waals surface area contributed by atoms with Crippen LogP contribution in [-0.4, -0.2) is 47.9 Å². The summed E-state index contributed by atoms with van der Waals surface area (Å²) in [7, 11) is 0. The van der Waals surface area contributed by atoms with Gasteiger partial charge in [-0.05, 0) is 22.0 Å². The zero-order valence-electron chi connectivity index (χ0n) is 9.97. The number of nitrogens with zero attached hydrogens (tertiary/aromatic N) is 1. The molecule has 0 saturated carbocycles. The molecule has 1 fully saturated rings. The monoisotopic (exact) mass is 336 g/mol. The van der Waals surface area contributed by atoms with Gasteiger partial charge in [-0.2, -0.15) is 0 Å². The first-order valence-electron chi connectivity index (χ1n) is 5.77. The van der Waals surface area contributed by atoms with Crippen molar-refractivity contribution in [3.05, 3.63) is 28.2 Å². The van der Waals surface area contributed by atoms with E-state index < -0.39 is 0 Å². The fourth-order valence-electron chi connectivity index (χ4n) is 2.21. The van der Waals surface area contributed by atoms with E-state index in [1.165, 1.54) is 0 Å². The van der Waals surface area contributed by atoms with Crippen LogP contribution in [0.1, 0.15) is 11.6 Å². The molecule has 3 N–H and O–H groups in total. The van der Waals surface area contributed by atoms with E-state index in [0.29, 0.717) is 4.47 Å². The van der Waals surface area contributed by atoms with Crippen LogP contribution in [-0.2, 0) is 0 Å². The van der Waals surface area contributed by atoms with Crippen molar-refractivity contribution < 1.29 is 10.2 Å². The summed E-state index contributed by atoms with van der Waals surface area (Å²) in [5.74, 6) is 0.227. The smallest absolute Gasteiger partial charge is 0.134 e. The summed E-state index contributed by atoms with van der Waals surface area (Å²) in [6, 6.07) is 5.41. The van der Waals surface area contributed by atoms with Crippen LogP contribution < -0.4 is 5.32 Å². The van der Waals surface area contributed by atoms with Crippen molar-refractivity contribution in [2.45, 2.75) is 6.04 Å². The van der Waals surface area contributed by atoms with Crippen LogP contribution in [0.2, 0.25) is 0 Å². The second kappa shape index (κ2) is 7.31. The molecule has 0 bridgehead atoms. The lowest BCUT2D eigenvalue weighted by atomic mass is 10.0. The molecule has 1 saturated heterocycles. The summed E-state index contributed by atoms with van der Waals surface area (Å²) >= 11 is 3.31. The summed E-state index contributed by atoms with van der Waals surface area (Å²) in [6.07, 6.45) is 0. The molecular weight excluding hydrogens is 320 g/mol. The van der Waals surface area contributed by atoms with E-state index >= 15 is 0 Å². The van der Waals surface area contributed by atoms with Gasteiger partial charge in [-0.25, -0.2) is 0 Å². The molecule has 1 aliphatic rings. The molecule has 0 amide bonds. The van der Waals surface area contributed by atoms with Crippen LogP contribution in [0.5, 0.6) is 5.75 Å². The highest BCUT2D eigenvalue weighted by atomic mass is 79.9. The maximum atomic E-state index is 10.0. The van der Waals surface area contributed by atoms with Crippen LogP contribution in [0.15, 0.2) is 22.7 Å². The number of benzene rings is 1. The van der Waals surface area contributed by atoms with Crippen LogP contribution in [0.4, 0.5) is 0 Å². The van der Waals surface area contributed by atoms with Gasteiger partial charge in [0.05, 0.1) is 17.1 Å². The topological polar surface area (TPSA) is 55.7 Å². The molecule has 1 heterocycles. The molecule has 0 aliphatic carbocycles. The minimum atomic E-state index is -0.130. The summed E-state index contributed by atoms with van der Waals surface area (Å²) in [5, 5.41) is 22.9. The average Bonchev–Trinajstić information content (AvgIpc) is 2.37. The molecule has 4 nitrogen and oxygen atoms in total. The molecular formula is C12H18BrClN2O2. The van der Waals surface area contributed by atoms with Gasteiger partial charge in [-0.1, -0.05) is 12.1 Å². The first-order valence-corrected chi connectivity index (χ1v) is 6.56. The van der Waals surface area contributed by atoms with E-state index in [-0.39, 0.29) is 30.8 Å². The molecule has 102 valence electrons. The third kappa shape index (κ3) is 3.36. The maximum Gasteiger partial charge on any atom is 0.134 e. The van der Waals surface area contributed by atoms with Crippen molar-refractivity contribution in [2.75, 3.05) is 32.8 Å². The third-order valence-electron chi connectivity index (χ3n) is 3.14. The molecule has 0 unspecified atom stereocenters. The summed E-state index contributed by atoms with van der Waals surface area (Å²) in [4.78, 5) is 2.19. The fraction of sp³-hybridized carbons (Fsp3) is 0.500. The minimum Gasteiger partial charge on any atom is -0.506 e. The highest BCUT2D eigenvalue weighted by molar-refractivity contribution is 9.10. The largest absolute Gasteiger partial charge is 0.506 e. The Labute approximate surface area is 122 Å². The van der Waals surface area contributed by atoms with E-state index in [2.05, 4.69) is 26.1 Å². The minimum absolute atomic E-state index is 0. The SMILES string of the molecule is Cl.OC[C@H](c1cccc(Br)c1O)N1CCNCC1. The standard InChI is InChI=1S/C12H17BrN2O2.ClH/c13-10-3-1-2-9(12(10)17)11(8-16)15-6-4-14-5-7-15;/h1-3,11,14,16-17H,4-8H2;1H/t11-;/m1./s1. The lowest BCUT2D eigenvalue weighted by molar-refractivity contribution is 0.109. The number of aromatic hydroxyl groups is 1. The lowest BCUT2D eigenvalue weighted by Gasteiger charge is -2.34. The number of halogens is 2. The number of para-hydroxylation sites is 1. The van der Waals surface area contributed by atoms with Gasteiger partial charge in [-0.15, -0.1) is 12.4 Å². The Morgan fingerprint density at radius 1 is 1.33 bits per heavy atom. The number of aliphatic hydroxyl groups excluding tert-OH is 1. The van der Waals surface area contributed by atoms with Crippen LogP contribution in [0.3, 0.4) is 0 Å². The van der Waals surface area contributed by atoms with E-state index in [0.717, 1.165) is 31.7 Å². The van der Waals surface area contributed by atoms with Gasteiger partial charge in [-0.3, -0.25) is 4.90 Å². The van der Waals surface area contributed by atoms with Gasteiger partial charge < -0.3 is 15.5 Å². The van der Waals surface area contributed by atoms with E-state index in [4.69, 9.17) is 0 Å². The molecule has 1 aromatic rings. The predicted octanol–water partition coefficient (Wildman–Crippen LogP) is 1.52. The van der Waals surface area contributed by atoms with E-state index in [1.54, 1.807) is 6.07 Å². The zero-order chi connectivity index (χ0) is 12.3. The Hall–Kier alpha value is -0.330. The second-order valence-corrected chi connectivity index (χ2v) is 5.02. The number of hydrogen-bond donors (Lipinski definition) is 3. The highest BCUT2D eigenvalue weighted by Gasteiger charge is 2.24. The number of rotatable bonds is 3. The number of phenolic OH excluding ortho intramolecular Hbond substituents is 1. The number of nitrogens with one attached hydrogen (secondary N) is 1. The number of phenols is 1. The summed E-state index contributed by atoms with van der Waals surface area (Å²) < 4.78 is 0.670. The molecule has 1 aliphatic heterocycles. The van der Waals surface area contributed by atoms with Crippen molar-refractivity contribution in [2.24, 2.45) is 0 Å². The fourth-order valence-corrected chi connectivity index (χ4v) is 2.59. The second-order valence-electron chi connectivity index (χ2n) is 4.16. The Morgan fingerprint density at radius 2 is 2.00 bits per heavy atom. The highest BCUT2D eigenvalue weighted by Crippen LogP contribution is 2.34. The zero-order valence-corrected chi connectivity index (χ0v) is 12.4. The molecule has 6 heteroatoms. The summed E-state index contributed by atoms with van der Waals surface area (Å²) in [5.41, 5.74) is 0.781. The normalized spacial score (nSPS) is 18.1. The van der Waals surface area contributed by atoms with Gasteiger partial charge >= 0.3 is 0 Å². The van der Waals surface area contributed by atoms with Crippen molar-refractivity contribution in [1.29, 1.82) is 0 Å². The van der Waals surface area contributed by atoms with E-state index in [9.17, 15) is 10.2 Å². The average molecular weight is 338 g/mol. The molecule has 18 heavy (non-hydrogen) atoms. The first-order chi connectivity index (χ1) is 8.24. The van der Waals surface area contributed by atoms with Crippen LogP contribution in [0, 0.1) is 0 Å². The van der Waals surface area contributed by atoms with Crippen molar-refractivity contribution in [1.82, 2.24) is 10.2 Å². The maximum absolute atomic E-state index is 10.0. The lowest BCUT2D eigenvalue weighted by Crippen LogP contribution is -2.46. The van der Waals surface area contributed by atoms with Gasteiger partial charge in [0.15, 0.2) is 0 Å². The van der Waals surface area contributed by atoms with Crippen LogP contribution in [0.25, 0.3) is 0 Å². The van der Waals surface area contributed by atoms with Gasteiger partial charge in [0.25, 0.3) is 0 Å². The molecule has 0 aromatic heterocycles. The molecule has 0 radical (unpaired) electrons. The molecule has 2 rings (SSSR count). The van der Waals surface area contributed by atoms with Crippen LogP contribution >= 0.6 is 28.3 Å². The summed E-state index contributed by atoms with van der Waals surface area (Å²) in [6.45, 7) is 3.63. The Bertz CT molecular complexity index is 386. The van der Waals surface area contributed by atoms with E-state index in [1.807, 2.05) is 12.1 Å². The number of hydrogen-bond acceptors (Lipinski definition) is 4. The third-order valence-corrected chi connectivity index (χ3v) is 3.78. The van der Waals surface area contributed by atoms with Gasteiger partial charge in [0, 0.05) is 31.7 Å². The predicted molar refractivity (Wildman–Crippen MR) is 77.3 cm³/mol. The number of aliphatic hydroxyl groups is 1. The Kier molecular flexibility index (Phi) is 6.38. The first kappa shape index (κ1) is 15.7. The Morgan fingerprint density at radius 3 is 2.61 bits per heavy atom. The number of piperazine rings is 1. The van der Waals surface area contributed by atoms with Crippen molar-refractivity contribution >= 4 is 28.3 Å². The quantitative estimate of drug-likeness (QED) is 0.783. The Balaban J connectivity index is 0.00000162. The van der Waals surface area contributed by atoms with Crippen molar-refractivity contribution in [3.63, 3.8) is 0 Å². The van der Waals surface area contributed by atoms with Gasteiger partial charge in [0.2, 0.25) is 0 Å². The van der Waals surface area contributed by atoms with Gasteiger partial charge in [0.1, 0.15) is 5.75 Å². The molecule has 0 spiro atoms.